The zero-order valence-electron chi connectivity index (χ0n) is 9.93. The highest BCUT2D eigenvalue weighted by molar-refractivity contribution is 6.30. The maximum atomic E-state index is 8.97. The average molecular weight is 269 g/mol. The summed E-state index contributed by atoms with van der Waals surface area (Å²) in [7, 11) is 0. The molecule has 2 rings (SSSR count). The zero-order valence-corrected chi connectivity index (χ0v) is 10.7. The molecule has 4 heteroatoms. The predicted octanol–water partition coefficient (Wildman–Crippen LogP) is 3.66. The number of hydrogen-bond donors (Lipinski definition) is 0. The molecule has 0 fully saturated rings. The van der Waals surface area contributed by atoms with Crippen molar-refractivity contribution in [3.05, 3.63) is 64.2 Å². The lowest BCUT2D eigenvalue weighted by atomic mass is 10.1. The fourth-order valence-electron chi connectivity index (χ4n) is 1.60. The molecular formula is C15H9ClN2O. The molecule has 0 bridgehead atoms. The second kappa shape index (κ2) is 5.91. The summed E-state index contributed by atoms with van der Waals surface area (Å²) >= 11 is 5.87. The van der Waals surface area contributed by atoms with Crippen molar-refractivity contribution in [1.82, 2.24) is 0 Å². The predicted molar refractivity (Wildman–Crippen MR) is 71.7 cm³/mol. The van der Waals surface area contributed by atoms with Gasteiger partial charge in [-0.05, 0) is 29.8 Å². The minimum absolute atomic E-state index is 0.282. The lowest BCUT2D eigenvalue weighted by Crippen LogP contribution is -1.97. The summed E-state index contributed by atoms with van der Waals surface area (Å²) in [5, 5.41) is 18.3. The Bertz CT molecular complexity index is 683. The maximum absolute atomic E-state index is 8.97. The first-order valence-corrected chi connectivity index (χ1v) is 5.92. The van der Waals surface area contributed by atoms with E-state index in [1.165, 1.54) is 0 Å². The van der Waals surface area contributed by atoms with E-state index in [-0.39, 0.29) is 6.61 Å². The first-order valence-electron chi connectivity index (χ1n) is 5.54. The third-order valence-corrected chi connectivity index (χ3v) is 2.75. The van der Waals surface area contributed by atoms with E-state index in [0.29, 0.717) is 21.9 Å². The number of nitrogens with zero attached hydrogens (tertiary/aromatic N) is 2. The lowest BCUT2D eigenvalue weighted by Gasteiger charge is -2.08. The Kier molecular flexibility index (Phi) is 4.03. The third kappa shape index (κ3) is 3.25. The van der Waals surface area contributed by atoms with Crippen molar-refractivity contribution in [2.45, 2.75) is 6.61 Å². The molecule has 0 saturated heterocycles. The highest BCUT2D eigenvalue weighted by Gasteiger charge is 2.05. The van der Waals surface area contributed by atoms with Crippen LogP contribution in [0.4, 0.5) is 0 Å². The van der Waals surface area contributed by atoms with E-state index >= 15 is 0 Å². The second-order valence-corrected chi connectivity index (χ2v) is 4.29. The van der Waals surface area contributed by atoms with Gasteiger partial charge in [-0.25, -0.2) is 0 Å². The largest absolute Gasteiger partial charge is 0.487 e. The van der Waals surface area contributed by atoms with Gasteiger partial charge in [-0.2, -0.15) is 10.5 Å². The van der Waals surface area contributed by atoms with Crippen molar-refractivity contribution < 1.29 is 4.74 Å². The Hall–Kier alpha value is -2.49. The van der Waals surface area contributed by atoms with Crippen LogP contribution < -0.4 is 4.74 Å². The fourth-order valence-corrected chi connectivity index (χ4v) is 1.76. The normalized spacial score (nSPS) is 9.42. The van der Waals surface area contributed by atoms with Crippen molar-refractivity contribution in [2.24, 2.45) is 0 Å². The van der Waals surface area contributed by atoms with E-state index in [1.54, 1.807) is 36.4 Å². The number of hydrogen-bond acceptors (Lipinski definition) is 3. The summed E-state index contributed by atoms with van der Waals surface area (Å²) in [5.74, 6) is 0.442. The summed E-state index contributed by atoms with van der Waals surface area (Å²) in [6.45, 7) is 0.282. The van der Waals surface area contributed by atoms with Gasteiger partial charge >= 0.3 is 0 Å². The van der Waals surface area contributed by atoms with Gasteiger partial charge in [-0.15, -0.1) is 0 Å². The van der Waals surface area contributed by atoms with Crippen molar-refractivity contribution in [1.29, 1.82) is 10.5 Å². The molecule has 0 aliphatic carbocycles. The Balaban J connectivity index is 2.17. The van der Waals surface area contributed by atoms with Gasteiger partial charge in [0.15, 0.2) is 0 Å². The molecule has 0 amide bonds. The van der Waals surface area contributed by atoms with Crippen LogP contribution in [0.1, 0.15) is 16.7 Å². The van der Waals surface area contributed by atoms with E-state index in [9.17, 15) is 0 Å². The van der Waals surface area contributed by atoms with Crippen molar-refractivity contribution in [2.75, 3.05) is 0 Å². The molecule has 0 spiro atoms. The first-order chi connectivity index (χ1) is 9.22. The van der Waals surface area contributed by atoms with Gasteiger partial charge in [-0.3, -0.25) is 0 Å². The smallest absolute Gasteiger partial charge is 0.139 e. The van der Waals surface area contributed by atoms with Crippen molar-refractivity contribution in [3.8, 4) is 17.9 Å². The Labute approximate surface area is 116 Å². The average Bonchev–Trinajstić information content (AvgIpc) is 2.45. The molecule has 0 saturated carbocycles. The molecule has 2 aromatic rings. The van der Waals surface area contributed by atoms with Crippen LogP contribution in [-0.4, -0.2) is 0 Å². The van der Waals surface area contributed by atoms with E-state index in [0.717, 1.165) is 5.56 Å². The quantitative estimate of drug-likeness (QED) is 0.853. The van der Waals surface area contributed by atoms with Gasteiger partial charge in [0, 0.05) is 11.1 Å². The van der Waals surface area contributed by atoms with Crippen LogP contribution in [0.2, 0.25) is 5.02 Å². The SMILES string of the molecule is N#Cc1cccc(COc2cc(Cl)ccc2C#N)c1. The van der Waals surface area contributed by atoms with Crippen LogP contribution in [0.3, 0.4) is 0 Å². The molecule has 0 radical (unpaired) electrons. The number of halogens is 1. The van der Waals surface area contributed by atoms with Gasteiger partial charge in [0.05, 0.1) is 17.2 Å². The van der Waals surface area contributed by atoms with E-state index in [1.807, 2.05) is 12.1 Å². The molecule has 0 unspecified atom stereocenters. The summed E-state index contributed by atoms with van der Waals surface area (Å²) in [4.78, 5) is 0. The van der Waals surface area contributed by atoms with Crippen LogP contribution in [0.25, 0.3) is 0 Å². The lowest BCUT2D eigenvalue weighted by molar-refractivity contribution is 0.305. The number of ether oxygens (including phenoxy) is 1. The summed E-state index contributed by atoms with van der Waals surface area (Å²) < 4.78 is 5.58. The maximum Gasteiger partial charge on any atom is 0.139 e. The second-order valence-electron chi connectivity index (χ2n) is 3.85. The standard InChI is InChI=1S/C15H9ClN2O/c16-14-5-4-13(9-18)15(7-14)19-10-12-3-1-2-11(6-12)8-17/h1-7H,10H2. The first kappa shape index (κ1) is 13.0. The fraction of sp³-hybridized carbons (Fsp3) is 0.0667. The Morgan fingerprint density at radius 3 is 2.63 bits per heavy atom. The van der Waals surface area contributed by atoms with Gasteiger partial charge in [0.2, 0.25) is 0 Å². The minimum atomic E-state index is 0.282. The minimum Gasteiger partial charge on any atom is -0.487 e. The molecule has 3 nitrogen and oxygen atoms in total. The molecule has 19 heavy (non-hydrogen) atoms. The highest BCUT2D eigenvalue weighted by atomic mass is 35.5. The monoisotopic (exact) mass is 268 g/mol. The van der Waals surface area contributed by atoms with Crippen molar-refractivity contribution >= 4 is 11.6 Å². The summed E-state index contributed by atoms with van der Waals surface area (Å²) in [5.41, 5.74) is 1.87. The summed E-state index contributed by atoms with van der Waals surface area (Å²) in [6, 6.07) is 16.1. The molecule has 0 aliphatic rings. The molecule has 0 aromatic heterocycles. The highest BCUT2D eigenvalue weighted by Crippen LogP contribution is 2.23. The van der Waals surface area contributed by atoms with E-state index in [2.05, 4.69) is 6.07 Å². The molecule has 0 heterocycles. The van der Waals surface area contributed by atoms with E-state index in [4.69, 9.17) is 26.9 Å². The van der Waals surface area contributed by atoms with Gasteiger partial charge < -0.3 is 4.74 Å². The molecule has 2 aromatic carbocycles. The number of rotatable bonds is 3. The van der Waals surface area contributed by atoms with Gasteiger partial charge in [-0.1, -0.05) is 23.7 Å². The number of nitriles is 2. The molecular weight excluding hydrogens is 260 g/mol. The van der Waals surface area contributed by atoms with Crippen molar-refractivity contribution in [3.63, 3.8) is 0 Å². The molecule has 92 valence electrons. The van der Waals surface area contributed by atoms with Gasteiger partial charge in [0.1, 0.15) is 18.4 Å². The molecule has 0 aliphatic heterocycles. The van der Waals surface area contributed by atoms with Gasteiger partial charge in [0.25, 0.3) is 0 Å². The topological polar surface area (TPSA) is 56.8 Å². The van der Waals surface area contributed by atoms with Crippen LogP contribution in [0, 0.1) is 22.7 Å². The Morgan fingerprint density at radius 2 is 1.89 bits per heavy atom. The van der Waals surface area contributed by atoms with Crippen LogP contribution >= 0.6 is 11.6 Å². The molecule has 0 N–H and O–H groups in total. The Morgan fingerprint density at radius 1 is 1.05 bits per heavy atom. The van der Waals surface area contributed by atoms with E-state index < -0.39 is 0 Å². The van der Waals surface area contributed by atoms with Crippen LogP contribution in [0.5, 0.6) is 5.75 Å². The number of benzene rings is 2. The summed E-state index contributed by atoms with van der Waals surface area (Å²) in [6.07, 6.45) is 0. The van der Waals surface area contributed by atoms with Crippen LogP contribution in [-0.2, 0) is 6.61 Å². The van der Waals surface area contributed by atoms with Crippen LogP contribution in [0.15, 0.2) is 42.5 Å². The third-order valence-electron chi connectivity index (χ3n) is 2.51. The molecule has 0 atom stereocenters. The zero-order chi connectivity index (χ0) is 13.7.